The van der Waals surface area contributed by atoms with Gasteiger partial charge in [-0.25, -0.2) is 4.68 Å². The van der Waals surface area contributed by atoms with E-state index in [4.69, 9.17) is 11.6 Å². The number of hydrogen-bond donors (Lipinski definition) is 0. The van der Waals surface area contributed by atoms with E-state index in [0.717, 1.165) is 44.2 Å². The highest BCUT2D eigenvalue weighted by Crippen LogP contribution is 2.20. The molecule has 3 aromatic rings. The molecule has 0 amide bonds. The van der Waals surface area contributed by atoms with E-state index < -0.39 is 0 Å². The Morgan fingerprint density at radius 2 is 1.96 bits per heavy atom. The predicted octanol–water partition coefficient (Wildman–Crippen LogP) is 2.72. The van der Waals surface area contributed by atoms with E-state index in [0.29, 0.717) is 16.8 Å². The van der Waals surface area contributed by atoms with Crippen molar-refractivity contribution in [3.63, 3.8) is 0 Å². The Kier molecular flexibility index (Phi) is 5.19. The van der Waals surface area contributed by atoms with Crippen LogP contribution < -0.4 is 10.5 Å². The number of hydrogen-bond acceptors (Lipinski definition) is 6. The zero-order chi connectivity index (χ0) is 17.9. The lowest BCUT2D eigenvalue weighted by molar-refractivity contribution is 0.248. The molecular formula is C18H20ClN5OS. The second-order valence-corrected chi connectivity index (χ2v) is 7.75. The lowest BCUT2D eigenvalue weighted by Crippen LogP contribution is -2.46. The molecule has 1 saturated heterocycles. The van der Waals surface area contributed by atoms with Crippen molar-refractivity contribution in [1.82, 2.24) is 19.9 Å². The topological polar surface area (TPSA) is 54.3 Å². The Morgan fingerprint density at radius 1 is 1.12 bits per heavy atom. The Hall–Kier alpha value is -1.96. The van der Waals surface area contributed by atoms with E-state index in [1.54, 1.807) is 0 Å². The first kappa shape index (κ1) is 17.5. The van der Waals surface area contributed by atoms with Gasteiger partial charge in [0, 0.05) is 50.0 Å². The molecule has 8 heteroatoms. The number of benzene rings is 1. The number of fused-ring (bicyclic) bond motifs is 1. The summed E-state index contributed by atoms with van der Waals surface area (Å²) in [5, 5.41) is 11.5. The highest BCUT2D eigenvalue weighted by atomic mass is 35.5. The Morgan fingerprint density at radius 3 is 2.77 bits per heavy atom. The van der Waals surface area contributed by atoms with Gasteiger partial charge in [0.1, 0.15) is 0 Å². The minimum absolute atomic E-state index is 0.0398. The Balaban J connectivity index is 1.28. The summed E-state index contributed by atoms with van der Waals surface area (Å²) in [5.41, 5.74) is 1.14. The van der Waals surface area contributed by atoms with Gasteiger partial charge in [-0.15, -0.1) is 16.4 Å². The van der Waals surface area contributed by atoms with Gasteiger partial charge in [0.15, 0.2) is 4.83 Å². The fraction of sp³-hybridized carbons (Fsp3) is 0.389. The number of anilines is 1. The van der Waals surface area contributed by atoms with Crippen LogP contribution in [0.25, 0.3) is 10.2 Å². The smallest absolute Gasteiger partial charge is 0.278 e. The minimum Gasteiger partial charge on any atom is -0.369 e. The molecule has 136 valence electrons. The molecule has 0 spiro atoms. The first-order chi connectivity index (χ1) is 12.7. The van der Waals surface area contributed by atoms with Crippen LogP contribution in [0, 0.1) is 0 Å². The average molecular weight is 390 g/mol. The fourth-order valence-electron chi connectivity index (χ4n) is 3.31. The highest BCUT2D eigenvalue weighted by molar-refractivity contribution is 7.16. The monoisotopic (exact) mass is 389 g/mol. The van der Waals surface area contributed by atoms with Crippen LogP contribution in [-0.2, 0) is 6.54 Å². The SMILES string of the molecule is O=c1c2ccsc2nnn1CCCN1CCN(c2cccc(Cl)c2)CC1. The molecule has 4 rings (SSSR count). The van der Waals surface area contributed by atoms with Crippen LogP contribution in [0.15, 0.2) is 40.5 Å². The molecule has 0 bridgehead atoms. The van der Waals surface area contributed by atoms with Crippen molar-refractivity contribution in [2.45, 2.75) is 13.0 Å². The number of aromatic nitrogens is 3. The van der Waals surface area contributed by atoms with Crippen LogP contribution >= 0.6 is 22.9 Å². The van der Waals surface area contributed by atoms with Crippen molar-refractivity contribution >= 4 is 38.8 Å². The van der Waals surface area contributed by atoms with Gasteiger partial charge < -0.3 is 4.90 Å². The van der Waals surface area contributed by atoms with Gasteiger partial charge in [0.25, 0.3) is 5.56 Å². The van der Waals surface area contributed by atoms with Crippen molar-refractivity contribution in [2.75, 3.05) is 37.6 Å². The summed E-state index contributed by atoms with van der Waals surface area (Å²) in [6.07, 6.45) is 0.890. The van der Waals surface area contributed by atoms with E-state index in [9.17, 15) is 4.79 Å². The summed E-state index contributed by atoms with van der Waals surface area (Å²) >= 11 is 7.53. The van der Waals surface area contributed by atoms with Gasteiger partial charge in [-0.2, -0.15) is 0 Å². The third kappa shape index (κ3) is 3.75. The third-order valence-electron chi connectivity index (χ3n) is 4.74. The van der Waals surface area contributed by atoms with E-state index in [-0.39, 0.29) is 5.56 Å². The number of halogens is 1. The first-order valence-corrected chi connectivity index (χ1v) is 10.0. The largest absolute Gasteiger partial charge is 0.369 e. The zero-order valence-electron chi connectivity index (χ0n) is 14.3. The standard InChI is InChI=1S/C18H20ClN5OS/c19-14-3-1-4-15(13-14)23-10-8-22(9-11-23)6-2-7-24-18(25)16-5-12-26-17(16)20-21-24/h1,3-5,12-13H,2,6-11H2. The molecule has 26 heavy (non-hydrogen) atoms. The first-order valence-electron chi connectivity index (χ1n) is 8.74. The second kappa shape index (κ2) is 7.73. The molecule has 3 heterocycles. The summed E-state index contributed by atoms with van der Waals surface area (Å²) in [4.78, 5) is 17.8. The van der Waals surface area contributed by atoms with Crippen LogP contribution in [0.4, 0.5) is 5.69 Å². The van der Waals surface area contributed by atoms with Crippen molar-refractivity contribution in [1.29, 1.82) is 0 Å². The number of thiophene rings is 1. The van der Waals surface area contributed by atoms with Gasteiger partial charge in [-0.3, -0.25) is 9.69 Å². The van der Waals surface area contributed by atoms with Crippen molar-refractivity contribution in [3.8, 4) is 0 Å². The van der Waals surface area contributed by atoms with Crippen molar-refractivity contribution in [2.24, 2.45) is 0 Å². The minimum atomic E-state index is -0.0398. The number of aryl methyl sites for hydroxylation is 1. The van der Waals surface area contributed by atoms with Crippen molar-refractivity contribution < 1.29 is 0 Å². The maximum absolute atomic E-state index is 12.3. The van der Waals surface area contributed by atoms with Gasteiger partial charge in [0.2, 0.25) is 0 Å². The Bertz CT molecular complexity index is 948. The lowest BCUT2D eigenvalue weighted by atomic mass is 10.2. The number of rotatable bonds is 5. The molecule has 1 fully saturated rings. The Labute approximate surface area is 160 Å². The third-order valence-corrected chi connectivity index (χ3v) is 5.78. The molecule has 1 aromatic carbocycles. The summed E-state index contributed by atoms with van der Waals surface area (Å²) < 4.78 is 1.48. The van der Waals surface area contributed by atoms with Crippen LogP contribution in [0.5, 0.6) is 0 Å². The van der Waals surface area contributed by atoms with E-state index >= 15 is 0 Å². The molecule has 0 radical (unpaired) electrons. The van der Waals surface area contributed by atoms with E-state index in [1.165, 1.54) is 21.7 Å². The molecule has 0 N–H and O–H groups in total. The number of nitrogens with zero attached hydrogens (tertiary/aromatic N) is 5. The molecule has 2 aromatic heterocycles. The van der Waals surface area contributed by atoms with Gasteiger partial charge in [-0.1, -0.05) is 22.9 Å². The molecule has 1 aliphatic heterocycles. The zero-order valence-corrected chi connectivity index (χ0v) is 15.9. The molecule has 0 aliphatic carbocycles. The van der Waals surface area contributed by atoms with Crippen LogP contribution in [0.1, 0.15) is 6.42 Å². The van der Waals surface area contributed by atoms with Crippen LogP contribution in [-0.4, -0.2) is 52.6 Å². The van der Waals surface area contributed by atoms with Crippen LogP contribution in [0.2, 0.25) is 5.02 Å². The lowest BCUT2D eigenvalue weighted by Gasteiger charge is -2.36. The summed E-state index contributed by atoms with van der Waals surface area (Å²) in [5.74, 6) is 0. The maximum Gasteiger partial charge on any atom is 0.278 e. The maximum atomic E-state index is 12.3. The van der Waals surface area contributed by atoms with Gasteiger partial charge in [-0.05, 0) is 36.1 Å². The summed E-state index contributed by atoms with van der Waals surface area (Å²) in [6.45, 7) is 5.56. The van der Waals surface area contributed by atoms with E-state index in [2.05, 4.69) is 26.2 Å². The highest BCUT2D eigenvalue weighted by Gasteiger charge is 2.17. The molecule has 0 unspecified atom stereocenters. The van der Waals surface area contributed by atoms with E-state index in [1.807, 2.05) is 29.6 Å². The number of piperazine rings is 1. The van der Waals surface area contributed by atoms with Gasteiger partial charge >= 0.3 is 0 Å². The normalized spacial score (nSPS) is 15.7. The second-order valence-electron chi connectivity index (χ2n) is 6.42. The average Bonchev–Trinajstić information content (AvgIpc) is 3.14. The fourth-order valence-corrected chi connectivity index (χ4v) is 4.19. The molecule has 0 atom stereocenters. The van der Waals surface area contributed by atoms with Crippen molar-refractivity contribution in [3.05, 3.63) is 51.1 Å². The molecule has 6 nitrogen and oxygen atoms in total. The predicted molar refractivity (Wildman–Crippen MR) is 106 cm³/mol. The summed E-state index contributed by atoms with van der Waals surface area (Å²) in [6, 6.07) is 9.84. The van der Waals surface area contributed by atoms with Crippen LogP contribution in [0.3, 0.4) is 0 Å². The molecule has 1 aliphatic rings. The van der Waals surface area contributed by atoms with Gasteiger partial charge in [0.05, 0.1) is 5.39 Å². The summed E-state index contributed by atoms with van der Waals surface area (Å²) in [7, 11) is 0. The molecule has 0 saturated carbocycles. The molecular weight excluding hydrogens is 370 g/mol. The quantitative estimate of drug-likeness (QED) is 0.671.